The Morgan fingerprint density at radius 1 is 1.46 bits per heavy atom. The van der Waals surface area contributed by atoms with Crippen molar-refractivity contribution in [3.8, 4) is 0 Å². The van der Waals surface area contributed by atoms with Crippen molar-refractivity contribution in [2.45, 2.75) is 18.4 Å². The van der Waals surface area contributed by atoms with Gasteiger partial charge < -0.3 is 15.5 Å². The number of likely N-dealkylation sites (tertiary alicyclic amines) is 1. The number of hydrogen-bond acceptors (Lipinski definition) is 4. The lowest BCUT2D eigenvalue weighted by Gasteiger charge is -2.43. The third-order valence-corrected chi connectivity index (χ3v) is 3.34. The van der Waals surface area contributed by atoms with Crippen LogP contribution in [0.25, 0.3) is 0 Å². The van der Waals surface area contributed by atoms with Crippen LogP contribution in [0.3, 0.4) is 0 Å². The van der Waals surface area contributed by atoms with Crippen LogP contribution in [0.1, 0.15) is 12.8 Å². The average molecular weight is 182 g/mol. The van der Waals surface area contributed by atoms with Crippen LogP contribution in [0.4, 0.5) is 0 Å². The number of likely N-dealkylation sites (N-methyl/N-ethyl adjacent to an activating group) is 2. The summed E-state index contributed by atoms with van der Waals surface area (Å²) in [6, 6.07) is 0. The van der Waals surface area contributed by atoms with Gasteiger partial charge in [0.25, 0.3) is 0 Å². The number of nitrogens with two attached hydrogens (primary N) is 1. The van der Waals surface area contributed by atoms with Crippen LogP contribution in [-0.4, -0.2) is 55.0 Å². The van der Waals surface area contributed by atoms with Gasteiger partial charge in [0.05, 0.1) is 12.1 Å². The van der Waals surface area contributed by atoms with Gasteiger partial charge in [-0.3, -0.25) is 4.99 Å². The molecule has 2 heterocycles. The van der Waals surface area contributed by atoms with Crippen molar-refractivity contribution < 1.29 is 0 Å². The van der Waals surface area contributed by atoms with Gasteiger partial charge in [0.2, 0.25) is 0 Å². The van der Waals surface area contributed by atoms with Gasteiger partial charge in [-0.1, -0.05) is 0 Å². The normalized spacial score (nSPS) is 35.5. The Kier molecular flexibility index (Phi) is 1.95. The summed E-state index contributed by atoms with van der Waals surface area (Å²) in [6.45, 7) is 3.17. The van der Waals surface area contributed by atoms with E-state index in [1.807, 2.05) is 0 Å². The maximum Gasteiger partial charge on any atom is 0.191 e. The molecule has 0 amide bonds. The van der Waals surface area contributed by atoms with Crippen LogP contribution in [0.2, 0.25) is 0 Å². The third-order valence-electron chi connectivity index (χ3n) is 3.34. The monoisotopic (exact) mass is 182 g/mol. The Morgan fingerprint density at radius 3 is 2.77 bits per heavy atom. The Labute approximate surface area is 79.4 Å². The smallest absolute Gasteiger partial charge is 0.191 e. The second kappa shape index (κ2) is 2.87. The highest BCUT2D eigenvalue weighted by Gasteiger charge is 2.42. The minimum atomic E-state index is 0.205. The predicted molar refractivity (Wildman–Crippen MR) is 53.7 cm³/mol. The molecule has 1 atom stereocenters. The molecule has 0 aromatic heterocycles. The van der Waals surface area contributed by atoms with Crippen molar-refractivity contribution in [3.63, 3.8) is 0 Å². The quantitative estimate of drug-likeness (QED) is 0.560. The summed E-state index contributed by atoms with van der Waals surface area (Å²) < 4.78 is 0. The van der Waals surface area contributed by atoms with E-state index in [0.29, 0.717) is 5.96 Å². The molecule has 4 nitrogen and oxygen atoms in total. The van der Waals surface area contributed by atoms with Crippen molar-refractivity contribution in [1.29, 1.82) is 0 Å². The number of rotatable bonds is 0. The standard InChI is InChI=1S/C9H18N4/c1-12-5-3-4-9(7-12)6-11-8(10)13(9)2/h3-7H2,1-2H3,(H2,10,11). The highest BCUT2D eigenvalue weighted by Crippen LogP contribution is 2.29. The molecule has 4 heteroatoms. The van der Waals surface area contributed by atoms with E-state index in [2.05, 4.69) is 28.9 Å². The first-order chi connectivity index (χ1) is 6.14. The average Bonchev–Trinajstić information content (AvgIpc) is 2.35. The second-order valence-electron chi connectivity index (χ2n) is 4.30. The number of nitrogens with zero attached hydrogens (tertiary/aromatic N) is 3. The van der Waals surface area contributed by atoms with Crippen LogP contribution < -0.4 is 5.73 Å². The molecule has 1 unspecified atom stereocenters. The molecule has 0 radical (unpaired) electrons. The molecule has 74 valence electrons. The lowest BCUT2D eigenvalue weighted by atomic mass is 9.89. The van der Waals surface area contributed by atoms with Gasteiger partial charge in [0.1, 0.15) is 0 Å². The topological polar surface area (TPSA) is 44.9 Å². The lowest BCUT2D eigenvalue weighted by Crippen LogP contribution is -2.58. The summed E-state index contributed by atoms with van der Waals surface area (Å²) in [4.78, 5) is 8.85. The van der Waals surface area contributed by atoms with Crippen LogP contribution in [0, 0.1) is 0 Å². The van der Waals surface area contributed by atoms with Crippen molar-refractivity contribution in [1.82, 2.24) is 9.80 Å². The van der Waals surface area contributed by atoms with E-state index in [1.165, 1.54) is 19.4 Å². The molecule has 2 rings (SSSR count). The molecule has 0 aliphatic carbocycles. The summed E-state index contributed by atoms with van der Waals surface area (Å²) in [7, 11) is 4.23. The molecule has 2 N–H and O–H groups in total. The van der Waals surface area contributed by atoms with Crippen LogP contribution in [0.5, 0.6) is 0 Å². The Hall–Kier alpha value is -0.770. The molecular weight excluding hydrogens is 164 g/mol. The zero-order valence-electron chi connectivity index (χ0n) is 8.45. The van der Waals surface area contributed by atoms with E-state index in [-0.39, 0.29) is 5.54 Å². The molecule has 2 aliphatic rings. The molecule has 2 aliphatic heterocycles. The Balaban J connectivity index is 2.13. The van der Waals surface area contributed by atoms with Crippen molar-refractivity contribution in [2.24, 2.45) is 10.7 Å². The Bertz CT molecular complexity index is 238. The molecule has 0 saturated carbocycles. The zero-order valence-corrected chi connectivity index (χ0v) is 8.45. The third kappa shape index (κ3) is 1.29. The van der Waals surface area contributed by atoms with Crippen molar-refractivity contribution >= 4 is 5.96 Å². The highest BCUT2D eigenvalue weighted by molar-refractivity contribution is 5.80. The summed E-state index contributed by atoms with van der Waals surface area (Å²) in [5.41, 5.74) is 5.99. The van der Waals surface area contributed by atoms with Gasteiger partial charge in [-0.15, -0.1) is 0 Å². The number of aliphatic imine (C=N–C) groups is 1. The second-order valence-corrected chi connectivity index (χ2v) is 4.30. The van der Waals surface area contributed by atoms with E-state index < -0.39 is 0 Å². The SMILES string of the molecule is CN1CCCC2(CN=C(N)N2C)C1. The first-order valence-corrected chi connectivity index (χ1v) is 4.86. The van der Waals surface area contributed by atoms with Gasteiger partial charge in [-0.05, 0) is 26.4 Å². The molecule has 0 aromatic rings. The fourth-order valence-corrected chi connectivity index (χ4v) is 2.42. The summed E-state index contributed by atoms with van der Waals surface area (Å²) in [5, 5.41) is 0. The fraction of sp³-hybridized carbons (Fsp3) is 0.889. The molecule has 0 aromatic carbocycles. The van der Waals surface area contributed by atoms with Gasteiger partial charge in [0, 0.05) is 13.6 Å². The number of guanidine groups is 1. The van der Waals surface area contributed by atoms with Crippen molar-refractivity contribution in [2.75, 3.05) is 33.7 Å². The molecule has 1 fully saturated rings. The zero-order chi connectivity index (χ0) is 9.47. The van der Waals surface area contributed by atoms with Crippen LogP contribution in [-0.2, 0) is 0 Å². The van der Waals surface area contributed by atoms with E-state index in [4.69, 9.17) is 5.73 Å². The lowest BCUT2D eigenvalue weighted by molar-refractivity contribution is 0.104. The first kappa shape index (κ1) is 8.81. The molecule has 13 heavy (non-hydrogen) atoms. The fourth-order valence-electron chi connectivity index (χ4n) is 2.42. The largest absolute Gasteiger partial charge is 0.370 e. The minimum Gasteiger partial charge on any atom is -0.370 e. The van der Waals surface area contributed by atoms with Gasteiger partial charge >= 0.3 is 0 Å². The van der Waals surface area contributed by atoms with Crippen LogP contribution >= 0.6 is 0 Å². The summed E-state index contributed by atoms with van der Waals surface area (Å²) in [5.74, 6) is 0.704. The maximum atomic E-state index is 5.79. The molecule has 0 bridgehead atoms. The molecule has 1 spiro atoms. The van der Waals surface area contributed by atoms with Crippen molar-refractivity contribution in [3.05, 3.63) is 0 Å². The Morgan fingerprint density at radius 2 is 2.23 bits per heavy atom. The summed E-state index contributed by atoms with van der Waals surface area (Å²) >= 11 is 0. The van der Waals surface area contributed by atoms with Gasteiger partial charge in [0.15, 0.2) is 5.96 Å². The van der Waals surface area contributed by atoms with E-state index in [1.54, 1.807) is 0 Å². The summed E-state index contributed by atoms with van der Waals surface area (Å²) in [6.07, 6.45) is 2.47. The molecule has 1 saturated heterocycles. The van der Waals surface area contributed by atoms with E-state index in [9.17, 15) is 0 Å². The van der Waals surface area contributed by atoms with Gasteiger partial charge in [-0.25, -0.2) is 0 Å². The van der Waals surface area contributed by atoms with Gasteiger partial charge in [-0.2, -0.15) is 0 Å². The van der Waals surface area contributed by atoms with E-state index >= 15 is 0 Å². The predicted octanol–water partition coefficient (Wildman–Crippen LogP) is -0.289. The highest BCUT2D eigenvalue weighted by atomic mass is 15.4. The minimum absolute atomic E-state index is 0.205. The number of hydrogen-bond donors (Lipinski definition) is 1. The number of piperidine rings is 1. The first-order valence-electron chi connectivity index (χ1n) is 4.86. The van der Waals surface area contributed by atoms with E-state index in [0.717, 1.165) is 13.1 Å². The molecular formula is C9H18N4. The van der Waals surface area contributed by atoms with Crippen LogP contribution in [0.15, 0.2) is 4.99 Å². The maximum absolute atomic E-state index is 5.79.